The van der Waals surface area contributed by atoms with Crippen LogP contribution in [-0.4, -0.2) is 3.21 Å². The molecule has 0 nitrogen and oxygen atoms in total. The largest absolute Gasteiger partial charge is 0.147 e. The molecule has 0 spiro atoms. The molecule has 0 heterocycles. The van der Waals surface area contributed by atoms with Gasteiger partial charge in [-0.2, -0.15) is 0 Å². The monoisotopic (exact) mass is 754 g/mol. The van der Waals surface area contributed by atoms with Crippen molar-refractivity contribution >= 4 is 28.0 Å². The summed E-state index contributed by atoms with van der Waals surface area (Å²) in [6.45, 7) is 23.3. The van der Waals surface area contributed by atoms with Gasteiger partial charge < -0.3 is 0 Å². The molecule has 0 fully saturated rings. The molecule has 252 valence electrons. The van der Waals surface area contributed by atoms with Gasteiger partial charge >= 0.3 is 288 Å². The molecular formula is C45H54Cl2Zr. The molecule has 0 unspecified atom stereocenters. The molecule has 4 aromatic rings. The Balaban J connectivity index is 0.00000260. The molecule has 3 heteroatoms. The van der Waals surface area contributed by atoms with Crippen LogP contribution >= 0.6 is 24.8 Å². The van der Waals surface area contributed by atoms with Crippen molar-refractivity contribution in [2.45, 2.75) is 102 Å². The number of benzene rings is 4. The van der Waals surface area contributed by atoms with E-state index in [0.29, 0.717) is 15.5 Å². The number of fused-ring (bicyclic) bond motifs is 3. The average molecular weight is 757 g/mol. The molecule has 48 heavy (non-hydrogen) atoms. The molecule has 4 aromatic carbocycles. The van der Waals surface area contributed by atoms with Crippen LogP contribution in [0.5, 0.6) is 0 Å². The van der Waals surface area contributed by atoms with Gasteiger partial charge in [-0.25, -0.2) is 0 Å². The molecule has 0 aromatic heterocycles. The summed E-state index contributed by atoms with van der Waals surface area (Å²) in [5.41, 5.74) is 14.7. The standard InChI is InChI=1S/C21H25.C19H22.C5H5.2ClH.Zr/c1-20(2,3)16-7-9-18-14(12-16)11-15-13-17(21(4,5)6)8-10-19(15)18;1-14(2)18-9-5-16(6-10-18)13-17-7-11-19(12-8-17)15(3)4;1-2-4-5-3-1;;;/h7-13H,1-6H3;5-12,14-15H,1-4H3;1-3H,4H2;2*1H;. The van der Waals surface area contributed by atoms with Gasteiger partial charge in [0, 0.05) is 0 Å². The Labute approximate surface area is 311 Å². The number of halogens is 2. The summed E-state index contributed by atoms with van der Waals surface area (Å²) in [5, 5.41) is 0. The summed E-state index contributed by atoms with van der Waals surface area (Å²) in [6.07, 6.45) is 8.29. The van der Waals surface area contributed by atoms with Crippen LogP contribution in [0.15, 0.2) is 106 Å². The van der Waals surface area contributed by atoms with Gasteiger partial charge in [-0.3, -0.25) is 0 Å². The fraction of sp³-hybridized carbons (Fsp3) is 0.356. The minimum atomic E-state index is -2.76. The zero-order chi connectivity index (χ0) is 33.0. The van der Waals surface area contributed by atoms with E-state index in [1.165, 1.54) is 44.5 Å². The Morgan fingerprint density at radius 1 is 0.604 bits per heavy atom. The van der Waals surface area contributed by atoms with Crippen LogP contribution in [0.2, 0.25) is 0 Å². The van der Waals surface area contributed by atoms with Crippen molar-refractivity contribution < 1.29 is 21.3 Å². The number of hydrogen-bond acceptors (Lipinski definition) is 0. The molecule has 0 aliphatic heterocycles. The summed E-state index contributed by atoms with van der Waals surface area (Å²) < 4.78 is 3.74. The molecule has 0 N–H and O–H groups in total. The molecule has 0 atom stereocenters. The molecule has 0 bridgehead atoms. The van der Waals surface area contributed by atoms with E-state index >= 15 is 0 Å². The number of allylic oxidation sites excluding steroid dienone is 4. The average Bonchev–Trinajstić information content (AvgIpc) is 3.65. The van der Waals surface area contributed by atoms with E-state index in [1.807, 2.05) is 0 Å². The van der Waals surface area contributed by atoms with Gasteiger partial charge in [0.2, 0.25) is 0 Å². The fourth-order valence-electron chi connectivity index (χ4n) is 7.19. The predicted molar refractivity (Wildman–Crippen MR) is 212 cm³/mol. The molecule has 0 saturated carbocycles. The number of hydrogen-bond donors (Lipinski definition) is 0. The van der Waals surface area contributed by atoms with E-state index < -0.39 is 21.3 Å². The summed E-state index contributed by atoms with van der Waals surface area (Å²) in [6, 6.07) is 34.2. The third-order valence-corrected chi connectivity index (χ3v) is 18.5. The van der Waals surface area contributed by atoms with E-state index in [9.17, 15) is 0 Å². The normalized spacial score (nSPS) is 14.0. The van der Waals surface area contributed by atoms with Crippen molar-refractivity contribution in [1.82, 2.24) is 0 Å². The number of rotatable bonds is 6. The molecule has 0 amide bonds. The maximum absolute atomic E-state index is 2.76. The summed E-state index contributed by atoms with van der Waals surface area (Å²) in [5.74, 6) is 1.03. The van der Waals surface area contributed by atoms with E-state index in [0.717, 1.165) is 6.42 Å². The maximum atomic E-state index is 2.60. The zero-order valence-electron chi connectivity index (χ0n) is 30.6. The maximum Gasteiger partial charge on any atom is -0.147 e. The van der Waals surface area contributed by atoms with E-state index in [-0.39, 0.29) is 35.6 Å². The summed E-state index contributed by atoms with van der Waals surface area (Å²) in [4.78, 5) is 0. The zero-order valence-corrected chi connectivity index (χ0v) is 34.7. The van der Waals surface area contributed by atoms with E-state index in [2.05, 4.69) is 172 Å². The third kappa shape index (κ3) is 7.55. The Kier molecular flexibility index (Phi) is 11.9. The first-order chi connectivity index (χ1) is 21.7. The second-order valence-electron chi connectivity index (χ2n) is 16.2. The molecule has 0 radical (unpaired) electrons. The second kappa shape index (κ2) is 14.9. The van der Waals surface area contributed by atoms with Gasteiger partial charge in [-0.1, -0.05) is 0 Å². The SMILES string of the molecule is CC(C)c1ccc([C](c2ccc(C(C)C)cc2)=[Zr]([C]2=CC=CC2)[CH]2c3cc(C(C)(C)C)ccc3-c3ccc(C(C)(C)C)cc32)cc1.Cl.Cl. The van der Waals surface area contributed by atoms with Crippen LogP contribution < -0.4 is 0 Å². The van der Waals surface area contributed by atoms with Crippen molar-refractivity contribution in [1.29, 1.82) is 0 Å². The van der Waals surface area contributed by atoms with Crippen LogP contribution in [0, 0.1) is 0 Å². The second-order valence-corrected chi connectivity index (χ2v) is 22.5. The van der Waals surface area contributed by atoms with Crippen LogP contribution in [0.4, 0.5) is 0 Å². The first-order valence-corrected chi connectivity index (χ1v) is 21.2. The minimum Gasteiger partial charge on any atom is -0.147 e. The van der Waals surface area contributed by atoms with Gasteiger partial charge in [-0.05, 0) is 0 Å². The topological polar surface area (TPSA) is 0 Å². The molecule has 2 aliphatic rings. The Morgan fingerprint density at radius 2 is 1.02 bits per heavy atom. The Morgan fingerprint density at radius 3 is 1.35 bits per heavy atom. The third-order valence-electron chi connectivity index (χ3n) is 10.2. The predicted octanol–water partition coefficient (Wildman–Crippen LogP) is 13.2. The molecule has 2 aliphatic carbocycles. The van der Waals surface area contributed by atoms with Gasteiger partial charge in [0.25, 0.3) is 0 Å². The van der Waals surface area contributed by atoms with Gasteiger partial charge in [0.15, 0.2) is 0 Å². The summed E-state index contributed by atoms with van der Waals surface area (Å²) in [7, 11) is 0. The van der Waals surface area contributed by atoms with Crippen LogP contribution in [0.25, 0.3) is 11.1 Å². The fourth-order valence-corrected chi connectivity index (χ4v) is 16.2. The first-order valence-electron chi connectivity index (χ1n) is 17.3. The molecule has 0 saturated heterocycles. The van der Waals surface area contributed by atoms with Crippen molar-refractivity contribution in [2.75, 3.05) is 0 Å². The van der Waals surface area contributed by atoms with Crippen molar-refractivity contribution in [2.24, 2.45) is 0 Å². The Bertz CT molecular complexity index is 1740. The quantitative estimate of drug-likeness (QED) is 0.184. The van der Waals surface area contributed by atoms with Crippen molar-refractivity contribution in [3.8, 4) is 11.1 Å². The van der Waals surface area contributed by atoms with Gasteiger partial charge in [0.1, 0.15) is 0 Å². The van der Waals surface area contributed by atoms with E-state index in [1.54, 1.807) is 17.6 Å². The first kappa shape index (κ1) is 38.5. The summed E-state index contributed by atoms with van der Waals surface area (Å²) >= 11 is -2.76. The van der Waals surface area contributed by atoms with Crippen molar-refractivity contribution in [3.05, 3.63) is 151 Å². The van der Waals surface area contributed by atoms with Crippen LogP contribution in [-0.2, 0) is 32.1 Å². The molecule has 6 rings (SSSR count). The van der Waals surface area contributed by atoms with Gasteiger partial charge in [-0.15, -0.1) is 24.8 Å². The minimum absolute atomic E-state index is 0. The Hall–Kier alpha value is -2.31. The molecular weight excluding hydrogens is 703 g/mol. The van der Waals surface area contributed by atoms with Crippen LogP contribution in [0.3, 0.4) is 0 Å². The van der Waals surface area contributed by atoms with Crippen molar-refractivity contribution in [3.63, 3.8) is 0 Å². The smallest absolute Gasteiger partial charge is 0.147 e. The van der Waals surface area contributed by atoms with Gasteiger partial charge in [0.05, 0.1) is 0 Å². The van der Waals surface area contributed by atoms with E-state index in [4.69, 9.17) is 0 Å². The van der Waals surface area contributed by atoms with Crippen LogP contribution in [0.1, 0.15) is 136 Å².